The van der Waals surface area contributed by atoms with Crippen molar-refractivity contribution in [2.45, 2.75) is 96.4 Å². The van der Waals surface area contributed by atoms with Crippen molar-refractivity contribution in [3.05, 3.63) is 119 Å². The highest BCUT2D eigenvalue weighted by Gasteiger charge is 2.27. The molecule has 1 unspecified atom stereocenters. The van der Waals surface area contributed by atoms with Gasteiger partial charge in [-0.05, 0) is 79.7 Å². The molecule has 2 atom stereocenters. The Morgan fingerprint density at radius 1 is 0.894 bits per heavy atom. The first kappa shape index (κ1) is 35.7. The summed E-state index contributed by atoms with van der Waals surface area (Å²) in [5, 5.41) is 14.1. The van der Waals surface area contributed by atoms with E-state index in [9.17, 15) is 14.7 Å². The molecule has 250 valence electrons. The lowest BCUT2D eigenvalue weighted by atomic mass is 9.88. The third-order valence-corrected chi connectivity index (χ3v) is 8.65. The van der Waals surface area contributed by atoms with Crippen molar-refractivity contribution in [2.24, 2.45) is 0 Å². The van der Waals surface area contributed by atoms with Gasteiger partial charge in [-0.1, -0.05) is 99.5 Å². The molecule has 0 spiro atoms. The van der Waals surface area contributed by atoms with Gasteiger partial charge in [0.25, 0.3) is 0 Å². The molecule has 0 aliphatic carbocycles. The van der Waals surface area contributed by atoms with Crippen LogP contribution in [-0.4, -0.2) is 36.2 Å². The van der Waals surface area contributed by atoms with Gasteiger partial charge in [0.05, 0.1) is 25.2 Å². The first-order valence-corrected chi connectivity index (χ1v) is 17.3. The maximum atomic E-state index is 14.0. The number of fused-ring (bicyclic) bond motifs is 1. The summed E-state index contributed by atoms with van der Waals surface area (Å²) in [6.45, 7) is 8.25. The zero-order valence-electron chi connectivity index (χ0n) is 28.1. The van der Waals surface area contributed by atoms with Gasteiger partial charge in [0.15, 0.2) is 0 Å². The molecular formula is C41H51NO5. The highest BCUT2D eigenvalue weighted by molar-refractivity contribution is 6.05. The average molecular weight is 638 g/mol. The second-order valence-corrected chi connectivity index (χ2v) is 12.4. The Kier molecular flexibility index (Phi) is 14.3. The molecule has 0 radical (unpaired) electrons. The van der Waals surface area contributed by atoms with E-state index in [0.717, 1.165) is 84.6 Å². The third kappa shape index (κ3) is 10.2. The number of allylic oxidation sites excluding steroid dienone is 1. The van der Waals surface area contributed by atoms with E-state index in [1.807, 2.05) is 72.8 Å². The van der Waals surface area contributed by atoms with Gasteiger partial charge in [0, 0.05) is 11.8 Å². The highest BCUT2D eigenvalue weighted by Crippen LogP contribution is 2.34. The van der Waals surface area contributed by atoms with Gasteiger partial charge in [0.2, 0.25) is 5.91 Å². The molecule has 0 bridgehead atoms. The van der Waals surface area contributed by atoms with Crippen molar-refractivity contribution in [3.8, 4) is 0 Å². The van der Waals surface area contributed by atoms with Gasteiger partial charge in [-0.2, -0.15) is 0 Å². The summed E-state index contributed by atoms with van der Waals surface area (Å²) in [5.74, 6) is -0.311. The molecule has 1 aromatic heterocycles. The van der Waals surface area contributed by atoms with Crippen LogP contribution >= 0.6 is 0 Å². The number of esters is 1. The number of amides is 1. The molecule has 0 aliphatic rings. The third-order valence-electron chi connectivity index (χ3n) is 8.65. The van der Waals surface area contributed by atoms with Crippen LogP contribution in [-0.2, 0) is 35.2 Å². The van der Waals surface area contributed by atoms with E-state index < -0.39 is 12.0 Å². The van der Waals surface area contributed by atoms with Crippen molar-refractivity contribution in [2.75, 3.05) is 13.2 Å². The van der Waals surface area contributed by atoms with Crippen molar-refractivity contribution in [1.29, 1.82) is 0 Å². The number of hydrogen-bond donors (Lipinski definition) is 2. The van der Waals surface area contributed by atoms with Crippen LogP contribution in [0.1, 0.15) is 103 Å². The number of furan rings is 1. The van der Waals surface area contributed by atoms with Gasteiger partial charge in [0.1, 0.15) is 16.9 Å². The lowest BCUT2D eigenvalue weighted by molar-refractivity contribution is -0.123. The van der Waals surface area contributed by atoms with E-state index in [4.69, 9.17) is 9.15 Å². The van der Waals surface area contributed by atoms with Gasteiger partial charge in [-0.25, -0.2) is 4.79 Å². The monoisotopic (exact) mass is 637 g/mol. The Balaban J connectivity index is 1.71. The number of carbonyl (C=O) groups excluding carboxylic acids is 2. The van der Waals surface area contributed by atoms with Gasteiger partial charge >= 0.3 is 5.97 Å². The summed E-state index contributed by atoms with van der Waals surface area (Å²) in [7, 11) is 0. The molecule has 0 aliphatic heterocycles. The van der Waals surface area contributed by atoms with Gasteiger partial charge in [-0.15, -0.1) is 6.58 Å². The van der Waals surface area contributed by atoms with E-state index in [1.165, 1.54) is 0 Å². The van der Waals surface area contributed by atoms with E-state index in [-0.39, 0.29) is 18.5 Å². The van der Waals surface area contributed by atoms with Crippen LogP contribution in [0.25, 0.3) is 11.0 Å². The number of unbranched alkanes of at least 4 members (excludes halogenated alkanes) is 4. The Hall–Kier alpha value is -4.16. The molecule has 2 N–H and O–H groups in total. The van der Waals surface area contributed by atoms with Crippen LogP contribution in [0.5, 0.6) is 0 Å². The zero-order valence-corrected chi connectivity index (χ0v) is 28.1. The zero-order chi connectivity index (χ0) is 33.4. The SMILES string of the molecule is C=CCCCCOC(=O)c1c(CCCC)oc2c(CCCC)cc(CC(C(=O)N[C@H](CO)Cc3ccccc3)c3ccccc3)cc12. The fourth-order valence-electron chi connectivity index (χ4n) is 6.07. The second kappa shape index (κ2) is 18.9. The number of benzene rings is 3. The second-order valence-electron chi connectivity index (χ2n) is 12.4. The molecule has 4 rings (SSSR count). The summed E-state index contributed by atoms with van der Waals surface area (Å²) in [4.78, 5) is 27.6. The summed E-state index contributed by atoms with van der Waals surface area (Å²) in [6.07, 6.45) is 10.8. The minimum Gasteiger partial charge on any atom is -0.462 e. The molecule has 6 nitrogen and oxygen atoms in total. The van der Waals surface area contributed by atoms with Crippen LogP contribution in [0.15, 0.2) is 89.9 Å². The van der Waals surface area contributed by atoms with Gasteiger partial charge in [-0.3, -0.25) is 4.79 Å². The molecule has 0 saturated carbocycles. The predicted molar refractivity (Wildman–Crippen MR) is 190 cm³/mol. The largest absolute Gasteiger partial charge is 0.462 e. The molecule has 6 heteroatoms. The number of aliphatic hydroxyl groups excluding tert-OH is 1. The average Bonchev–Trinajstić information content (AvgIpc) is 3.47. The minimum atomic E-state index is -0.496. The topological polar surface area (TPSA) is 88.8 Å². The fraction of sp³-hybridized carbons (Fsp3) is 0.415. The number of ether oxygens (including phenoxy) is 1. The van der Waals surface area contributed by atoms with Crippen molar-refractivity contribution < 1.29 is 23.8 Å². The van der Waals surface area contributed by atoms with Crippen LogP contribution in [0, 0.1) is 0 Å². The number of aliphatic hydroxyl groups is 1. The summed E-state index contributed by atoms with van der Waals surface area (Å²) in [6, 6.07) is 23.4. The van der Waals surface area contributed by atoms with Gasteiger partial charge < -0.3 is 19.6 Å². The molecule has 4 aromatic rings. The van der Waals surface area contributed by atoms with Crippen molar-refractivity contribution in [1.82, 2.24) is 5.32 Å². The van der Waals surface area contributed by atoms with Crippen molar-refractivity contribution >= 4 is 22.8 Å². The van der Waals surface area contributed by atoms with E-state index in [1.54, 1.807) is 0 Å². The summed E-state index contributed by atoms with van der Waals surface area (Å²) in [5.41, 5.74) is 5.21. The van der Waals surface area contributed by atoms with Crippen LogP contribution in [0.2, 0.25) is 0 Å². The molecule has 47 heavy (non-hydrogen) atoms. The molecule has 1 heterocycles. The summed E-state index contributed by atoms with van der Waals surface area (Å²) >= 11 is 0. The smallest absolute Gasteiger partial charge is 0.342 e. The number of carbonyl (C=O) groups is 2. The van der Waals surface area contributed by atoms with Crippen LogP contribution in [0.4, 0.5) is 0 Å². The van der Waals surface area contributed by atoms with Crippen LogP contribution in [0.3, 0.4) is 0 Å². The van der Waals surface area contributed by atoms with Crippen molar-refractivity contribution in [3.63, 3.8) is 0 Å². The van der Waals surface area contributed by atoms with E-state index >= 15 is 0 Å². The predicted octanol–water partition coefficient (Wildman–Crippen LogP) is 8.68. The van der Waals surface area contributed by atoms with Crippen LogP contribution < -0.4 is 5.32 Å². The first-order valence-electron chi connectivity index (χ1n) is 17.3. The standard InChI is InChI=1S/C41H51NO5/c1-4-7-10-17-24-46-41(45)38-36-28-31(25-33(20-8-5-2)39(36)47-37(38)23-9-6-3)27-35(32-21-15-12-16-22-32)40(44)42-34(29-43)26-30-18-13-11-14-19-30/h4,11-16,18-19,21-22,25,28,34-35,43H,1,5-10,17,20,23-24,26-27,29H2,2-3H3,(H,42,44)/t34-,35?/m0/s1. The number of nitrogens with one attached hydrogen (secondary N) is 1. The maximum absolute atomic E-state index is 14.0. The lowest BCUT2D eigenvalue weighted by Crippen LogP contribution is -2.42. The number of rotatable bonds is 20. The lowest BCUT2D eigenvalue weighted by Gasteiger charge is -2.22. The highest BCUT2D eigenvalue weighted by atomic mass is 16.5. The number of hydrogen-bond acceptors (Lipinski definition) is 5. The Morgan fingerprint density at radius 2 is 1.60 bits per heavy atom. The molecule has 0 saturated heterocycles. The Bertz CT molecular complexity index is 1560. The summed E-state index contributed by atoms with van der Waals surface area (Å²) < 4.78 is 12.3. The fourth-order valence-corrected chi connectivity index (χ4v) is 6.07. The quantitative estimate of drug-likeness (QED) is 0.0575. The Morgan fingerprint density at radius 3 is 2.28 bits per heavy atom. The molecule has 0 fully saturated rings. The minimum absolute atomic E-state index is 0.142. The molecule has 1 amide bonds. The first-order chi connectivity index (χ1) is 23.0. The normalized spacial score (nSPS) is 12.5. The van der Waals surface area contributed by atoms with E-state index in [0.29, 0.717) is 37.2 Å². The maximum Gasteiger partial charge on any atom is 0.342 e. The number of aryl methyl sites for hydroxylation is 2. The molecular weight excluding hydrogens is 586 g/mol. The molecule has 3 aromatic carbocycles. The van der Waals surface area contributed by atoms with E-state index in [2.05, 4.69) is 31.8 Å². The Labute approximate surface area is 280 Å².